The van der Waals surface area contributed by atoms with Gasteiger partial charge in [0.25, 0.3) is 0 Å². The molecule has 2 unspecified atom stereocenters. The van der Waals surface area contributed by atoms with E-state index in [0.29, 0.717) is 58.2 Å². The van der Waals surface area contributed by atoms with Crippen molar-refractivity contribution in [2.75, 3.05) is 26.3 Å². The fourth-order valence-corrected chi connectivity index (χ4v) is 7.55. The van der Waals surface area contributed by atoms with Gasteiger partial charge in [-0.25, -0.2) is 23.7 Å². The van der Waals surface area contributed by atoms with Crippen LogP contribution in [-0.2, 0) is 17.7 Å². The van der Waals surface area contributed by atoms with Crippen LogP contribution >= 0.6 is 0 Å². The maximum atomic E-state index is 15.1. The van der Waals surface area contributed by atoms with Gasteiger partial charge in [0.1, 0.15) is 23.0 Å². The number of rotatable bonds is 7. The van der Waals surface area contributed by atoms with Crippen molar-refractivity contribution in [1.82, 2.24) is 34.3 Å². The second-order valence-electron chi connectivity index (χ2n) is 12.6. The lowest BCUT2D eigenvalue weighted by Gasteiger charge is -2.44. The number of hydrogen-bond donors (Lipinski definition) is 0. The first kappa shape index (κ1) is 28.4. The van der Waals surface area contributed by atoms with E-state index in [0.717, 1.165) is 44.2 Å². The summed E-state index contributed by atoms with van der Waals surface area (Å²) in [5.74, 6) is 0.379. The van der Waals surface area contributed by atoms with Gasteiger partial charge in [0.2, 0.25) is 0 Å². The first-order chi connectivity index (χ1) is 20.8. The summed E-state index contributed by atoms with van der Waals surface area (Å²) >= 11 is 0. The van der Waals surface area contributed by atoms with Gasteiger partial charge in [-0.05, 0) is 70.2 Å². The minimum Gasteiger partial charge on any atom is -0.379 e. The number of ether oxygens (including phenoxy) is 1. The maximum Gasteiger partial charge on any atom is 0.151 e. The number of aryl methyl sites for hydroxylation is 1. The van der Waals surface area contributed by atoms with E-state index in [1.807, 2.05) is 43.8 Å². The molecule has 2 bridgehead atoms. The molecular weight excluding hydrogens is 548 g/mol. The zero-order valence-electron chi connectivity index (χ0n) is 25.1. The van der Waals surface area contributed by atoms with Gasteiger partial charge in [-0.1, -0.05) is 0 Å². The van der Waals surface area contributed by atoms with Gasteiger partial charge in [-0.3, -0.25) is 14.8 Å². The van der Waals surface area contributed by atoms with Gasteiger partial charge in [0, 0.05) is 73.0 Å². The van der Waals surface area contributed by atoms with Crippen LogP contribution < -0.4 is 0 Å². The first-order valence-electron chi connectivity index (χ1n) is 15.5. The van der Waals surface area contributed by atoms with Gasteiger partial charge in [0.15, 0.2) is 5.82 Å². The number of imidazole rings is 1. The summed E-state index contributed by atoms with van der Waals surface area (Å²) < 4.78 is 37.6. The summed E-state index contributed by atoms with van der Waals surface area (Å²) in [6.07, 6.45) is 10.4. The molecule has 226 valence electrons. The number of pyridine rings is 1. The summed E-state index contributed by atoms with van der Waals surface area (Å²) in [5, 5.41) is 0. The van der Waals surface area contributed by atoms with E-state index in [2.05, 4.69) is 29.7 Å². The first-order valence-corrected chi connectivity index (χ1v) is 15.5. The molecule has 43 heavy (non-hydrogen) atoms. The van der Waals surface area contributed by atoms with Crippen LogP contribution in [0.1, 0.15) is 68.5 Å². The second-order valence-corrected chi connectivity index (χ2v) is 12.6. The number of aromatic nitrogens is 5. The van der Waals surface area contributed by atoms with E-state index in [1.165, 1.54) is 37.9 Å². The molecule has 0 radical (unpaired) electrons. The lowest BCUT2D eigenvalue weighted by Crippen LogP contribution is -2.52. The van der Waals surface area contributed by atoms with Crippen LogP contribution in [0.15, 0.2) is 36.8 Å². The van der Waals surface area contributed by atoms with Gasteiger partial charge in [0.05, 0.1) is 31.3 Å². The van der Waals surface area contributed by atoms with E-state index in [-0.39, 0.29) is 6.04 Å². The minimum atomic E-state index is -0.502. The quantitative estimate of drug-likeness (QED) is 0.284. The fraction of sp³-hybridized carbons (Fsp3) is 0.515. The van der Waals surface area contributed by atoms with E-state index < -0.39 is 11.6 Å². The molecule has 3 aromatic heterocycles. The number of halogens is 2. The second kappa shape index (κ2) is 11.6. The fourth-order valence-electron chi connectivity index (χ4n) is 7.55. The average molecular weight is 588 g/mol. The predicted molar refractivity (Wildman–Crippen MR) is 161 cm³/mol. The number of hydrogen-bond acceptors (Lipinski definition) is 7. The number of benzene rings is 1. The Morgan fingerprint density at radius 1 is 0.907 bits per heavy atom. The molecule has 0 N–H and O–H groups in total. The van der Waals surface area contributed by atoms with E-state index in [9.17, 15) is 0 Å². The van der Waals surface area contributed by atoms with E-state index in [4.69, 9.17) is 4.74 Å². The van der Waals surface area contributed by atoms with Crippen molar-refractivity contribution in [2.45, 2.75) is 83.6 Å². The molecule has 1 aromatic carbocycles. The lowest BCUT2D eigenvalue weighted by atomic mass is 9.95. The lowest BCUT2D eigenvalue weighted by molar-refractivity contribution is -0.0140. The molecule has 6 heterocycles. The highest BCUT2D eigenvalue weighted by Crippen LogP contribution is 2.39. The van der Waals surface area contributed by atoms with E-state index in [1.54, 1.807) is 6.07 Å². The Kier molecular flexibility index (Phi) is 7.69. The highest BCUT2D eigenvalue weighted by Gasteiger charge is 2.42. The summed E-state index contributed by atoms with van der Waals surface area (Å²) in [6, 6.07) is 6.82. The molecule has 2 atom stereocenters. The van der Waals surface area contributed by atoms with Crippen LogP contribution in [0, 0.1) is 18.6 Å². The molecule has 8 nitrogen and oxygen atoms in total. The Morgan fingerprint density at radius 2 is 1.63 bits per heavy atom. The summed E-state index contributed by atoms with van der Waals surface area (Å²) in [6.45, 7) is 10.6. The SMILES string of the molecule is Cc1nc2c(F)cc(-c3cc(Cc4ncc(CN5C6CCC5CC(N5CCOCC5)C6)cn4)ncc3F)cc2n1C(C)C. The Labute approximate surface area is 251 Å². The Bertz CT molecular complexity index is 1600. The monoisotopic (exact) mass is 587 g/mol. The van der Waals surface area contributed by atoms with Crippen LogP contribution in [0.4, 0.5) is 8.78 Å². The third-order valence-electron chi connectivity index (χ3n) is 9.55. The molecule has 3 aliphatic heterocycles. The number of morpholine rings is 1. The van der Waals surface area contributed by atoms with Gasteiger partial charge >= 0.3 is 0 Å². The smallest absolute Gasteiger partial charge is 0.151 e. The Hall–Kier alpha value is -3.34. The Balaban J connectivity index is 1.05. The van der Waals surface area contributed by atoms with Crippen LogP contribution in [0.25, 0.3) is 22.2 Å². The van der Waals surface area contributed by atoms with E-state index >= 15 is 8.78 Å². The van der Waals surface area contributed by atoms with Crippen molar-refractivity contribution in [3.8, 4) is 11.1 Å². The molecule has 0 aliphatic carbocycles. The normalized spacial score (nSPS) is 23.1. The highest BCUT2D eigenvalue weighted by atomic mass is 19.1. The average Bonchev–Trinajstić information content (AvgIpc) is 3.45. The molecular formula is C33H39F2N7O. The molecule has 4 aromatic rings. The largest absolute Gasteiger partial charge is 0.379 e. The molecule has 0 spiro atoms. The van der Waals surface area contributed by atoms with Crippen LogP contribution in [0.3, 0.4) is 0 Å². The molecule has 10 heteroatoms. The zero-order chi connectivity index (χ0) is 29.7. The number of nitrogens with zero attached hydrogens (tertiary/aromatic N) is 7. The van der Waals surface area contributed by atoms with Crippen molar-refractivity contribution in [1.29, 1.82) is 0 Å². The summed E-state index contributed by atoms with van der Waals surface area (Å²) in [4.78, 5) is 23.3. The van der Waals surface area contributed by atoms with Crippen molar-refractivity contribution in [3.05, 3.63) is 71.3 Å². The molecule has 3 saturated heterocycles. The van der Waals surface area contributed by atoms with Crippen molar-refractivity contribution in [3.63, 3.8) is 0 Å². The molecule has 0 amide bonds. The molecule has 3 aliphatic rings. The number of fused-ring (bicyclic) bond motifs is 3. The maximum absolute atomic E-state index is 15.1. The van der Waals surface area contributed by atoms with Gasteiger partial charge in [-0.2, -0.15) is 0 Å². The van der Waals surface area contributed by atoms with Gasteiger partial charge < -0.3 is 9.30 Å². The summed E-state index contributed by atoms with van der Waals surface area (Å²) in [5.41, 5.74) is 3.44. The van der Waals surface area contributed by atoms with Crippen molar-refractivity contribution < 1.29 is 13.5 Å². The molecule has 0 saturated carbocycles. The molecule has 7 rings (SSSR count). The van der Waals surface area contributed by atoms with Crippen molar-refractivity contribution in [2.24, 2.45) is 0 Å². The standard InChI is InChI=1S/C33H39F2N7O/c1-20(2)42-21(3)39-33-29(34)10-23(11-31(33)42)28-12-24(36-18-30(28)35)13-32-37-16-22(17-38-32)19-41-25-4-5-26(41)15-27(14-25)40-6-8-43-9-7-40/h10-12,16-18,20,25-27H,4-9,13-15,19H2,1-3H3. The highest BCUT2D eigenvalue weighted by molar-refractivity contribution is 5.83. The summed E-state index contributed by atoms with van der Waals surface area (Å²) in [7, 11) is 0. The van der Waals surface area contributed by atoms with Crippen LogP contribution in [-0.4, -0.2) is 78.7 Å². The third kappa shape index (κ3) is 5.56. The molecule has 3 fully saturated rings. The van der Waals surface area contributed by atoms with Crippen molar-refractivity contribution >= 4 is 11.0 Å². The third-order valence-corrected chi connectivity index (χ3v) is 9.55. The Morgan fingerprint density at radius 3 is 2.33 bits per heavy atom. The number of piperidine rings is 1. The topological polar surface area (TPSA) is 72.2 Å². The van der Waals surface area contributed by atoms with Crippen LogP contribution in [0.5, 0.6) is 0 Å². The predicted octanol–water partition coefficient (Wildman–Crippen LogP) is 5.47. The minimum absolute atomic E-state index is 0.0923. The van der Waals surface area contributed by atoms with Crippen LogP contribution in [0.2, 0.25) is 0 Å². The van der Waals surface area contributed by atoms with Gasteiger partial charge in [-0.15, -0.1) is 0 Å². The zero-order valence-corrected chi connectivity index (χ0v) is 25.1.